The number of guanidine groups is 1. The molecule has 0 aromatic carbocycles. The summed E-state index contributed by atoms with van der Waals surface area (Å²) in [4.78, 5) is 7.83. The highest BCUT2D eigenvalue weighted by Gasteiger charge is 2.41. The molecule has 2 aliphatic carbocycles. The van der Waals surface area contributed by atoms with Crippen LogP contribution in [0.1, 0.15) is 36.4 Å². The number of hydrogen-bond acceptors (Lipinski definition) is 3. The van der Waals surface area contributed by atoms with E-state index in [1.165, 1.54) is 25.7 Å². The molecule has 2 N–H and O–H groups in total. The number of nitrogens with one attached hydrogen (secondary N) is 2. The molecule has 142 valence electrons. The molecule has 2 aliphatic rings. The monoisotopic (exact) mass is 488 g/mol. The van der Waals surface area contributed by atoms with Crippen molar-refractivity contribution in [3.8, 4) is 0 Å². The van der Waals surface area contributed by atoms with Crippen molar-refractivity contribution in [2.75, 3.05) is 20.1 Å². The second-order valence-corrected chi connectivity index (χ2v) is 7.54. The first-order valence-electron chi connectivity index (χ1n) is 8.43. The van der Waals surface area contributed by atoms with Crippen molar-refractivity contribution in [2.45, 2.75) is 38.3 Å². The van der Waals surface area contributed by atoms with Gasteiger partial charge in [-0.25, -0.2) is 4.98 Å². The van der Waals surface area contributed by atoms with Crippen molar-refractivity contribution in [3.05, 3.63) is 16.1 Å². The van der Waals surface area contributed by atoms with E-state index >= 15 is 0 Å². The van der Waals surface area contributed by atoms with Crippen LogP contribution in [-0.4, -0.2) is 31.1 Å². The van der Waals surface area contributed by atoms with Crippen LogP contribution in [0.4, 0.5) is 13.2 Å². The molecule has 0 bridgehead atoms. The summed E-state index contributed by atoms with van der Waals surface area (Å²) in [5.41, 5.74) is -0.804. The number of nitrogens with zero attached hydrogens (tertiary/aromatic N) is 2. The summed E-state index contributed by atoms with van der Waals surface area (Å²) in [5, 5.41) is 8.09. The van der Waals surface area contributed by atoms with Gasteiger partial charge in [-0.05, 0) is 43.4 Å². The van der Waals surface area contributed by atoms with E-state index in [9.17, 15) is 13.2 Å². The van der Waals surface area contributed by atoms with Gasteiger partial charge in [0.05, 0.1) is 5.01 Å². The van der Waals surface area contributed by atoms with E-state index in [4.69, 9.17) is 0 Å². The Morgan fingerprint density at radius 1 is 1.28 bits per heavy atom. The lowest BCUT2D eigenvalue weighted by Crippen LogP contribution is -2.41. The zero-order valence-electron chi connectivity index (χ0n) is 14.1. The van der Waals surface area contributed by atoms with Gasteiger partial charge in [-0.15, -0.1) is 35.3 Å². The average Bonchev–Trinajstić information content (AvgIpc) is 3.45. The van der Waals surface area contributed by atoms with Crippen LogP contribution in [0.15, 0.2) is 10.4 Å². The molecular weight excluding hydrogens is 464 g/mol. The number of aromatic nitrogens is 1. The van der Waals surface area contributed by atoms with Gasteiger partial charge in [0, 0.05) is 31.9 Å². The Balaban J connectivity index is 0.00000225. The summed E-state index contributed by atoms with van der Waals surface area (Å²) in [6.45, 7) is 1.45. The van der Waals surface area contributed by atoms with Crippen molar-refractivity contribution in [1.82, 2.24) is 15.6 Å². The molecule has 25 heavy (non-hydrogen) atoms. The van der Waals surface area contributed by atoms with Gasteiger partial charge in [0.2, 0.25) is 0 Å². The summed E-state index contributed by atoms with van der Waals surface area (Å²) < 4.78 is 37.6. The molecule has 1 heterocycles. The number of alkyl halides is 3. The molecule has 0 radical (unpaired) electrons. The fourth-order valence-electron chi connectivity index (χ4n) is 3.05. The quantitative estimate of drug-likeness (QED) is 0.348. The van der Waals surface area contributed by atoms with Crippen molar-refractivity contribution in [1.29, 1.82) is 0 Å². The molecule has 1 aromatic heterocycles. The lowest BCUT2D eigenvalue weighted by molar-refractivity contribution is -0.140. The van der Waals surface area contributed by atoms with E-state index in [0.717, 1.165) is 41.0 Å². The standard InChI is InChI=1S/C16H23F3N4S.HI/c1-20-15(22-8-12(10-2-3-10)11-4-5-11)21-7-6-14-23-13(9-24-14)16(17,18)19;/h9-12H,2-8H2,1H3,(H2,20,21,22);1H. The third kappa shape index (κ3) is 6.26. The van der Waals surface area contributed by atoms with Crippen molar-refractivity contribution in [2.24, 2.45) is 22.7 Å². The van der Waals surface area contributed by atoms with Crippen LogP contribution < -0.4 is 10.6 Å². The minimum Gasteiger partial charge on any atom is -0.356 e. The molecule has 1 aromatic rings. The average molecular weight is 488 g/mol. The van der Waals surface area contributed by atoms with Gasteiger partial charge in [-0.2, -0.15) is 13.2 Å². The topological polar surface area (TPSA) is 49.3 Å². The molecule has 2 fully saturated rings. The lowest BCUT2D eigenvalue weighted by Gasteiger charge is -2.18. The highest BCUT2D eigenvalue weighted by molar-refractivity contribution is 14.0. The minimum absolute atomic E-state index is 0. The summed E-state index contributed by atoms with van der Waals surface area (Å²) >= 11 is 1.05. The summed E-state index contributed by atoms with van der Waals surface area (Å²) in [6, 6.07) is 0. The zero-order valence-corrected chi connectivity index (χ0v) is 17.3. The Morgan fingerprint density at radius 3 is 2.40 bits per heavy atom. The van der Waals surface area contributed by atoms with Crippen molar-refractivity contribution < 1.29 is 13.2 Å². The largest absolute Gasteiger partial charge is 0.434 e. The molecular formula is C16H24F3IN4S. The number of hydrogen-bond donors (Lipinski definition) is 2. The smallest absolute Gasteiger partial charge is 0.356 e. The van der Waals surface area contributed by atoms with Crippen LogP contribution in [0.25, 0.3) is 0 Å². The molecule has 0 spiro atoms. The Kier molecular flexibility index (Phi) is 7.36. The second kappa shape index (κ2) is 8.88. The fourth-order valence-corrected chi connectivity index (χ4v) is 3.85. The zero-order chi connectivity index (χ0) is 17.2. The third-order valence-corrected chi connectivity index (χ3v) is 5.57. The molecule has 0 amide bonds. The Labute approximate surface area is 167 Å². The van der Waals surface area contributed by atoms with E-state index in [-0.39, 0.29) is 24.0 Å². The molecule has 0 aliphatic heterocycles. The van der Waals surface area contributed by atoms with E-state index in [2.05, 4.69) is 20.6 Å². The minimum atomic E-state index is -4.36. The maximum absolute atomic E-state index is 12.5. The van der Waals surface area contributed by atoms with Gasteiger partial charge in [-0.3, -0.25) is 4.99 Å². The molecule has 9 heteroatoms. The molecule has 2 saturated carbocycles. The van der Waals surface area contributed by atoms with E-state index < -0.39 is 11.9 Å². The maximum atomic E-state index is 12.5. The summed E-state index contributed by atoms with van der Waals surface area (Å²) in [7, 11) is 1.71. The fraction of sp³-hybridized carbons (Fsp3) is 0.750. The van der Waals surface area contributed by atoms with Crippen LogP contribution in [0.2, 0.25) is 0 Å². The molecule has 0 unspecified atom stereocenters. The van der Waals surface area contributed by atoms with Crippen LogP contribution in [0.5, 0.6) is 0 Å². The summed E-state index contributed by atoms with van der Waals surface area (Å²) in [5.74, 6) is 3.21. The van der Waals surface area contributed by atoms with Gasteiger partial charge in [-0.1, -0.05) is 0 Å². The Bertz CT molecular complexity index is 570. The van der Waals surface area contributed by atoms with E-state index in [1.54, 1.807) is 7.05 Å². The Morgan fingerprint density at radius 2 is 1.92 bits per heavy atom. The number of halogens is 4. The molecule has 4 nitrogen and oxygen atoms in total. The first-order chi connectivity index (χ1) is 11.5. The van der Waals surface area contributed by atoms with E-state index in [1.807, 2.05) is 0 Å². The van der Waals surface area contributed by atoms with Crippen LogP contribution >= 0.6 is 35.3 Å². The highest BCUT2D eigenvalue weighted by atomic mass is 127. The predicted molar refractivity (Wildman–Crippen MR) is 105 cm³/mol. The first-order valence-corrected chi connectivity index (χ1v) is 9.31. The second-order valence-electron chi connectivity index (χ2n) is 6.59. The van der Waals surface area contributed by atoms with Crippen molar-refractivity contribution in [3.63, 3.8) is 0 Å². The maximum Gasteiger partial charge on any atom is 0.434 e. The van der Waals surface area contributed by atoms with Crippen LogP contribution in [0, 0.1) is 17.8 Å². The molecule has 3 rings (SSSR count). The predicted octanol–water partition coefficient (Wildman–Crippen LogP) is 3.92. The SMILES string of the molecule is CN=C(NCCc1nc(C(F)(F)F)cs1)NCC(C1CC1)C1CC1.I. The lowest BCUT2D eigenvalue weighted by atomic mass is 9.98. The van der Waals surface area contributed by atoms with Crippen molar-refractivity contribution >= 4 is 41.3 Å². The van der Waals surface area contributed by atoms with Gasteiger partial charge >= 0.3 is 6.18 Å². The van der Waals surface area contributed by atoms with E-state index in [0.29, 0.717) is 23.9 Å². The van der Waals surface area contributed by atoms with Crippen LogP contribution in [-0.2, 0) is 12.6 Å². The summed E-state index contributed by atoms with van der Waals surface area (Å²) in [6.07, 6.45) is 1.48. The molecule has 0 atom stereocenters. The van der Waals surface area contributed by atoms with Gasteiger partial charge in [0.25, 0.3) is 0 Å². The Hall–Kier alpha value is -0.580. The van der Waals surface area contributed by atoms with Gasteiger partial charge in [0.1, 0.15) is 0 Å². The normalized spacial score (nSPS) is 18.2. The number of thiazole rings is 1. The third-order valence-electron chi connectivity index (χ3n) is 4.66. The number of rotatable bonds is 7. The van der Waals surface area contributed by atoms with Gasteiger partial charge in [0.15, 0.2) is 11.7 Å². The molecule has 0 saturated heterocycles. The highest BCUT2D eigenvalue weighted by Crippen LogP contribution is 2.48. The van der Waals surface area contributed by atoms with Crippen LogP contribution in [0.3, 0.4) is 0 Å². The first kappa shape index (κ1) is 20.7. The van der Waals surface area contributed by atoms with Gasteiger partial charge < -0.3 is 10.6 Å². The number of aliphatic imine (C=N–C) groups is 1.